The number of hydrogen-bond acceptors (Lipinski definition) is 6. The first-order valence-electron chi connectivity index (χ1n) is 12.2. The van der Waals surface area contributed by atoms with Crippen molar-refractivity contribution in [3.63, 3.8) is 0 Å². The Balaban J connectivity index is 1.53. The molecule has 0 saturated heterocycles. The summed E-state index contributed by atoms with van der Waals surface area (Å²) in [6.07, 6.45) is 0.804. The first-order valence-corrected chi connectivity index (χ1v) is 13.0. The Hall–Kier alpha value is -3.80. The van der Waals surface area contributed by atoms with Gasteiger partial charge in [-0.25, -0.2) is 0 Å². The van der Waals surface area contributed by atoms with Gasteiger partial charge in [-0.15, -0.1) is 11.3 Å². The van der Waals surface area contributed by atoms with Gasteiger partial charge in [-0.2, -0.15) is 5.26 Å². The largest absolute Gasteiger partial charge is 0.315 e. The minimum Gasteiger partial charge on any atom is -0.315 e. The van der Waals surface area contributed by atoms with Gasteiger partial charge in [-0.1, -0.05) is 42.5 Å². The number of carbonyl (C=O) groups is 3. The summed E-state index contributed by atoms with van der Waals surface area (Å²) in [7, 11) is 0. The van der Waals surface area contributed by atoms with E-state index in [0.29, 0.717) is 17.0 Å². The highest BCUT2D eigenvalue weighted by molar-refractivity contribution is 7.17. The Morgan fingerprint density at radius 1 is 1.05 bits per heavy atom. The summed E-state index contributed by atoms with van der Waals surface area (Å²) in [5.74, 6) is -1.48. The van der Waals surface area contributed by atoms with E-state index in [1.165, 1.54) is 11.3 Å². The number of rotatable bonds is 5. The molecule has 0 radical (unpaired) electrons. The Labute approximate surface area is 220 Å². The van der Waals surface area contributed by atoms with Crippen LogP contribution in [0.4, 0.5) is 5.00 Å². The molecule has 0 spiro atoms. The topological polar surface area (TPSA) is 102 Å². The second kappa shape index (κ2) is 8.94. The first kappa shape index (κ1) is 24.9. The third-order valence-corrected chi connectivity index (χ3v) is 8.38. The van der Waals surface area contributed by atoms with Crippen LogP contribution in [0.25, 0.3) is 0 Å². The van der Waals surface area contributed by atoms with Crippen LogP contribution in [-0.4, -0.2) is 34.2 Å². The third kappa shape index (κ3) is 4.35. The summed E-state index contributed by atoms with van der Waals surface area (Å²) in [5, 5.41) is 17.1. The zero-order chi connectivity index (χ0) is 26.5. The van der Waals surface area contributed by atoms with Crippen molar-refractivity contribution in [3.05, 3.63) is 87.3 Å². The van der Waals surface area contributed by atoms with Gasteiger partial charge in [0.1, 0.15) is 17.1 Å². The fourth-order valence-electron chi connectivity index (χ4n) is 5.56. The van der Waals surface area contributed by atoms with Crippen molar-refractivity contribution in [1.29, 1.82) is 5.26 Å². The molecule has 2 aliphatic heterocycles. The maximum Gasteiger partial charge on any atom is 0.262 e. The van der Waals surface area contributed by atoms with Crippen LogP contribution in [0.5, 0.6) is 0 Å². The number of nitrogens with zero attached hydrogens (tertiary/aromatic N) is 2. The summed E-state index contributed by atoms with van der Waals surface area (Å²) >= 11 is 1.37. The van der Waals surface area contributed by atoms with Crippen molar-refractivity contribution in [1.82, 2.24) is 10.2 Å². The molecule has 0 aliphatic carbocycles. The molecule has 1 aromatic heterocycles. The van der Waals surface area contributed by atoms with Crippen LogP contribution in [0.3, 0.4) is 0 Å². The predicted molar refractivity (Wildman–Crippen MR) is 142 cm³/mol. The average Bonchev–Trinajstić information content (AvgIpc) is 3.31. The van der Waals surface area contributed by atoms with E-state index in [1.54, 1.807) is 24.3 Å². The van der Waals surface area contributed by atoms with Crippen LogP contribution in [0.15, 0.2) is 54.6 Å². The molecule has 3 amide bonds. The number of hydrogen-bond donors (Lipinski definition) is 2. The fraction of sp³-hybridized carbons (Fsp3) is 0.310. The Morgan fingerprint density at radius 3 is 2.24 bits per heavy atom. The number of fused-ring (bicyclic) bond motifs is 2. The SMILES string of the molecule is CC1(C)Cc2c(sc(NC(=O)C(Cc3ccccc3)N3C(=O)c4ccccc4C3=O)c2C#N)C(C)(C)N1. The number of amides is 3. The lowest BCUT2D eigenvalue weighted by Gasteiger charge is -2.42. The van der Waals surface area contributed by atoms with Gasteiger partial charge >= 0.3 is 0 Å². The highest BCUT2D eigenvalue weighted by atomic mass is 32.1. The smallest absolute Gasteiger partial charge is 0.262 e. The van der Waals surface area contributed by atoms with Crippen molar-refractivity contribution in [2.75, 3.05) is 5.32 Å². The molecule has 1 atom stereocenters. The number of benzene rings is 2. The van der Waals surface area contributed by atoms with Crippen LogP contribution in [0, 0.1) is 11.3 Å². The zero-order valence-electron chi connectivity index (χ0n) is 21.2. The monoisotopic (exact) mass is 512 g/mol. The van der Waals surface area contributed by atoms with Crippen molar-refractivity contribution < 1.29 is 14.4 Å². The van der Waals surface area contributed by atoms with Crippen LogP contribution in [0.2, 0.25) is 0 Å². The highest BCUT2D eigenvalue weighted by Crippen LogP contribution is 2.45. The molecular weight excluding hydrogens is 484 g/mol. The van der Waals surface area contributed by atoms with Crippen molar-refractivity contribution >= 4 is 34.1 Å². The third-order valence-electron chi connectivity index (χ3n) is 6.90. The van der Waals surface area contributed by atoms with Gasteiger partial charge in [-0.05, 0) is 57.4 Å². The molecule has 2 aromatic carbocycles. The molecule has 7 nitrogen and oxygen atoms in total. The summed E-state index contributed by atoms with van der Waals surface area (Å²) in [4.78, 5) is 42.5. The number of nitrogens with one attached hydrogen (secondary N) is 2. The van der Waals surface area contributed by atoms with Crippen LogP contribution < -0.4 is 10.6 Å². The standard InChI is InChI=1S/C29H28N4O3S/c1-28(2)15-20-21(16-30)25(37-23(20)29(3,4)32-28)31-24(34)22(14-17-10-6-5-7-11-17)33-26(35)18-12-8-9-13-19(18)27(33)36/h5-13,22,32H,14-15H2,1-4H3,(H,31,34). The predicted octanol–water partition coefficient (Wildman–Crippen LogP) is 4.63. The van der Waals surface area contributed by atoms with Crippen molar-refractivity contribution in [2.45, 2.75) is 57.7 Å². The molecule has 3 aromatic rings. The summed E-state index contributed by atoms with van der Waals surface area (Å²) in [6, 6.07) is 17.1. The summed E-state index contributed by atoms with van der Waals surface area (Å²) < 4.78 is 0. The van der Waals surface area contributed by atoms with Crippen LogP contribution in [0.1, 0.15) is 70.0 Å². The zero-order valence-corrected chi connectivity index (χ0v) is 22.0. The molecule has 0 saturated carbocycles. The van der Waals surface area contributed by atoms with E-state index in [0.717, 1.165) is 20.9 Å². The maximum atomic E-state index is 13.8. The van der Waals surface area contributed by atoms with E-state index >= 15 is 0 Å². The maximum absolute atomic E-state index is 13.8. The molecule has 2 N–H and O–H groups in total. The van der Waals surface area contributed by atoms with Gasteiger partial charge < -0.3 is 10.6 Å². The number of anilines is 1. The summed E-state index contributed by atoms with van der Waals surface area (Å²) in [5.41, 5.74) is 2.16. The molecule has 0 bridgehead atoms. The number of nitriles is 1. The van der Waals surface area contributed by atoms with Gasteiger partial charge in [0, 0.05) is 22.4 Å². The molecule has 0 fully saturated rings. The van der Waals surface area contributed by atoms with Gasteiger partial charge in [0.15, 0.2) is 0 Å². The average molecular weight is 513 g/mol. The van der Waals surface area contributed by atoms with Crippen LogP contribution in [-0.2, 0) is 23.2 Å². The van der Waals surface area contributed by atoms with Gasteiger partial charge in [0.2, 0.25) is 5.91 Å². The van der Waals surface area contributed by atoms with Gasteiger partial charge in [0.05, 0.1) is 16.7 Å². The minimum atomic E-state index is -1.08. The quantitative estimate of drug-likeness (QED) is 0.486. The highest BCUT2D eigenvalue weighted by Gasteiger charge is 2.44. The second-order valence-electron chi connectivity index (χ2n) is 10.8. The molecule has 1 unspecified atom stereocenters. The normalized spacial score (nSPS) is 18.1. The molecule has 188 valence electrons. The first-order chi connectivity index (χ1) is 17.5. The lowest BCUT2D eigenvalue weighted by atomic mass is 9.81. The summed E-state index contributed by atoms with van der Waals surface area (Å²) in [6.45, 7) is 8.31. The minimum absolute atomic E-state index is 0.158. The lowest BCUT2D eigenvalue weighted by molar-refractivity contribution is -0.119. The van der Waals surface area contributed by atoms with E-state index in [2.05, 4.69) is 44.4 Å². The number of thiophene rings is 1. The van der Waals surface area contributed by atoms with Crippen molar-refractivity contribution in [3.8, 4) is 6.07 Å². The Bertz CT molecular complexity index is 1430. The number of imide groups is 1. The van der Waals surface area contributed by atoms with Crippen LogP contribution >= 0.6 is 11.3 Å². The molecular formula is C29H28N4O3S. The molecule has 5 rings (SSSR count). The van der Waals surface area contributed by atoms with Gasteiger partial charge in [0.25, 0.3) is 11.8 Å². The number of carbonyl (C=O) groups excluding carboxylic acids is 3. The van der Waals surface area contributed by atoms with Crippen molar-refractivity contribution in [2.24, 2.45) is 0 Å². The molecule has 3 heterocycles. The molecule has 2 aliphatic rings. The fourth-order valence-corrected chi connectivity index (χ4v) is 6.79. The Morgan fingerprint density at radius 2 is 1.65 bits per heavy atom. The Kier molecular flexibility index (Phi) is 6.01. The second-order valence-corrected chi connectivity index (χ2v) is 11.8. The van der Waals surface area contributed by atoms with Gasteiger partial charge in [-0.3, -0.25) is 19.3 Å². The molecule has 8 heteroatoms. The van der Waals surface area contributed by atoms with E-state index in [4.69, 9.17) is 0 Å². The lowest BCUT2D eigenvalue weighted by Crippen LogP contribution is -2.54. The molecule has 37 heavy (non-hydrogen) atoms. The van der Waals surface area contributed by atoms with E-state index < -0.39 is 23.8 Å². The van der Waals surface area contributed by atoms with E-state index in [9.17, 15) is 19.6 Å². The van der Waals surface area contributed by atoms with E-state index in [-0.39, 0.29) is 28.6 Å². The van der Waals surface area contributed by atoms with E-state index in [1.807, 2.05) is 30.3 Å².